The van der Waals surface area contributed by atoms with Crippen LogP contribution in [0.3, 0.4) is 0 Å². The SMILES string of the molecule is O=C(C1CCCc2sccc21)N1CCC(OCCCl)CC1. The minimum Gasteiger partial charge on any atom is -0.377 e. The normalized spacial score (nSPS) is 23.1. The summed E-state index contributed by atoms with van der Waals surface area (Å²) in [4.78, 5) is 16.3. The maximum Gasteiger partial charge on any atom is 0.230 e. The van der Waals surface area contributed by atoms with Gasteiger partial charge < -0.3 is 9.64 Å². The monoisotopic (exact) mass is 327 g/mol. The van der Waals surface area contributed by atoms with Crippen molar-refractivity contribution in [3.05, 3.63) is 21.9 Å². The van der Waals surface area contributed by atoms with E-state index in [-0.39, 0.29) is 12.0 Å². The van der Waals surface area contributed by atoms with Crippen molar-refractivity contribution in [2.75, 3.05) is 25.6 Å². The number of thiophene rings is 1. The second kappa shape index (κ2) is 7.12. The van der Waals surface area contributed by atoms with E-state index in [9.17, 15) is 4.79 Å². The molecule has 0 bridgehead atoms. The van der Waals surface area contributed by atoms with E-state index in [0.717, 1.165) is 45.2 Å². The number of halogens is 1. The van der Waals surface area contributed by atoms with Gasteiger partial charge in [0.25, 0.3) is 0 Å². The molecular formula is C16H22ClNO2S. The third-order valence-electron chi connectivity index (χ3n) is 4.53. The second-order valence-corrected chi connectivity index (χ2v) is 7.21. The lowest BCUT2D eigenvalue weighted by Crippen LogP contribution is -2.43. The highest BCUT2D eigenvalue weighted by molar-refractivity contribution is 7.10. The van der Waals surface area contributed by atoms with Gasteiger partial charge in [-0.2, -0.15) is 0 Å². The third-order valence-corrected chi connectivity index (χ3v) is 5.69. The first-order valence-electron chi connectivity index (χ1n) is 7.82. The number of aryl methyl sites for hydroxylation is 1. The van der Waals surface area contributed by atoms with Gasteiger partial charge in [-0.3, -0.25) is 4.79 Å². The van der Waals surface area contributed by atoms with Gasteiger partial charge in [-0.25, -0.2) is 0 Å². The number of hydrogen-bond donors (Lipinski definition) is 0. The Labute approximate surface area is 135 Å². The molecular weight excluding hydrogens is 306 g/mol. The Hall–Kier alpha value is -0.580. The quantitative estimate of drug-likeness (QED) is 0.793. The molecule has 0 N–H and O–H groups in total. The fourth-order valence-corrected chi connectivity index (χ4v) is 4.49. The Balaban J connectivity index is 1.58. The predicted octanol–water partition coefficient (Wildman–Crippen LogP) is 3.41. The molecule has 1 aliphatic carbocycles. The molecule has 116 valence electrons. The largest absolute Gasteiger partial charge is 0.377 e. The summed E-state index contributed by atoms with van der Waals surface area (Å²) in [7, 11) is 0. The zero-order valence-electron chi connectivity index (χ0n) is 12.2. The number of fused-ring (bicyclic) bond motifs is 1. The van der Waals surface area contributed by atoms with Crippen molar-refractivity contribution in [3.8, 4) is 0 Å². The second-order valence-electron chi connectivity index (χ2n) is 5.83. The maximum atomic E-state index is 12.8. The van der Waals surface area contributed by atoms with Gasteiger partial charge in [-0.1, -0.05) is 0 Å². The molecule has 1 amide bonds. The van der Waals surface area contributed by atoms with Gasteiger partial charge in [-0.05, 0) is 49.1 Å². The van der Waals surface area contributed by atoms with Crippen LogP contribution in [0.4, 0.5) is 0 Å². The van der Waals surface area contributed by atoms with Gasteiger partial charge in [0, 0.05) is 23.8 Å². The first-order chi connectivity index (χ1) is 10.3. The molecule has 0 aromatic carbocycles. The molecule has 1 unspecified atom stereocenters. The predicted molar refractivity (Wildman–Crippen MR) is 86.3 cm³/mol. The maximum absolute atomic E-state index is 12.8. The zero-order valence-corrected chi connectivity index (χ0v) is 13.8. The molecule has 1 aromatic rings. The van der Waals surface area contributed by atoms with Crippen LogP contribution in [0, 0.1) is 0 Å². The van der Waals surface area contributed by atoms with E-state index >= 15 is 0 Å². The first kappa shape index (κ1) is 15.3. The van der Waals surface area contributed by atoms with Crippen LogP contribution >= 0.6 is 22.9 Å². The number of amides is 1. The number of piperidine rings is 1. The van der Waals surface area contributed by atoms with Crippen molar-refractivity contribution in [1.29, 1.82) is 0 Å². The van der Waals surface area contributed by atoms with Gasteiger partial charge in [0.15, 0.2) is 0 Å². The van der Waals surface area contributed by atoms with Gasteiger partial charge >= 0.3 is 0 Å². The highest BCUT2D eigenvalue weighted by Crippen LogP contribution is 2.36. The van der Waals surface area contributed by atoms with Gasteiger partial charge in [-0.15, -0.1) is 22.9 Å². The van der Waals surface area contributed by atoms with E-state index in [0.29, 0.717) is 18.4 Å². The summed E-state index contributed by atoms with van der Waals surface area (Å²) < 4.78 is 5.68. The Bertz CT molecular complexity index is 482. The molecule has 3 nitrogen and oxygen atoms in total. The molecule has 1 aromatic heterocycles. The summed E-state index contributed by atoms with van der Waals surface area (Å²) in [5.74, 6) is 0.966. The van der Waals surface area contributed by atoms with Crippen LogP contribution in [0.1, 0.15) is 42.0 Å². The highest BCUT2D eigenvalue weighted by atomic mass is 35.5. The first-order valence-corrected chi connectivity index (χ1v) is 9.23. The molecule has 2 aliphatic rings. The minimum absolute atomic E-state index is 0.0975. The van der Waals surface area contributed by atoms with E-state index in [1.54, 1.807) is 11.3 Å². The summed E-state index contributed by atoms with van der Waals surface area (Å²) in [5.41, 5.74) is 1.29. The van der Waals surface area contributed by atoms with E-state index in [1.165, 1.54) is 10.4 Å². The van der Waals surface area contributed by atoms with Crippen LogP contribution in [-0.4, -0.2) is 42.5 Å². The van der Waals surface area contributed by atoms with Crippen molar-refractivity contribution in [1.82, 2.24) is 4.90 Å². The number of likely N-dealkylation sites (tertiary alicyclic amines) is 1. The molecule has 1 aliphatic heterocycles. The van der Waals surface area contributed by atoms with Crippen LogP contribution in [0.2, 0.25) is 0 Å². The van der Waals surface area contributed by atoms with Gasteiger partial charge in [0.2, 0.25) is 5.91 Å². The number of alkyl halides is 1. The summed E-state index contributed by atoms with van der Waals surface area (Å²) >= 11 is 7.45. The average Bonchev–Trinajstić information content (AvgIpc) is 3.01. The van der Waals surface area contributed by atoms with Gasteiger partial charge in [0.05, 0.1) is 18.6 Å². The zero-order chi connectivity index (χ0) is 14.7. The highest BCUT2D eigenvalue weighted by Gasteiger charge is 2.32. The molecule has 3 rings (SSSR count). The number of nitrogens with zero attached hydrogens (tertiary/aromatic N) is 1. The third kappa shape index (κ3) is 3.43. The van der Waals surface area contributed by atoms with Crippen LogP contribution in [0.25, 0.3) is 0 Å². The summed E-state index contributed by atoms with van der Waals surface area (Å²) in [6, 6.07) is 2.15. The molecule has 0 radical (unpaired) electrons. The van der Waals surface area contributed by atoms with Crippen LogP contribution in [0.15, 0.2) is 11.4 Å². The lowest BCUT2D eigenvalue weighted by atomic mass is 9.86. The lowest BCUT2D eigenvalue weighted by Gasteiger charge is -2.35. The molecule has 0 spiro atoms. The Kier molecular flexibility index (Phi) is 5.19. The van der Waals surface area contributed by atoms with Gasteiger partial charge in [0.1, 0.15) is 0 Å². The molecule has 0 saturated carbocycles. The standard InChI is InChI=1S/C16H22ClNO2S/c17-7-10-20-12-4-8-18(9-5-12)16(19)14-2-1-3-15-13(14)6-11-21-15/h6,11-12,14H,1-5,7-10H2. The number of hydrogen-bond acceptors (Lipinski definition) is 3. The average molecular weight is 328 g/mol. The fraction of sp³-hybridized carbons (Fsp3) is 0.688. The lowest BCUT2D eigenvalue weighted by molar-refractivity contribution is -0.135. The van der Waals surface area contributed by atoms with Crippen molar-refractivity contribution >= 4 is 28.8 Å². The summed E-state index contributed by atoms with van der Waals surface area (Å²) in [6.07, 6.45) is 5.43. The van der Waals surface area contributed by atoms with Crippen molar-refractivity contribution < 1.29 is 9.53 Å². The van der Waals surface area contributed by atoms with E-state index < -0.39 is 0 Å². The van der Waals surface area contributed by atoms with Crippen LogP contribution in [0.5, 0.6) is 0 Å². The van der Waals surface area contributed by atoms with Crippen LogP contribution in [-0.2, 0) is 16.0 Å². The number of carbonyl (C=O) groups is 1. The summed E-state index contributed by atoms with van der Waals surface area (Å²) in [5, 5.41) is 2.13. The van der Waals surface area contributed by atoms with E-state index in [1.807, 2.05) is 4.90 Å². The van der Waals surface area contributed by atoms with Crippen molar-refractivity contribution in [2.24, 2.45) is 0 Å². The van der Waals surface area contributed by atoms with E-state index in [2.05, 4.69) is 11.4 Å². The van der Waals surface area contributed by atoms with Crippen molar-refractivity contribution in [3.63, 3.8) is 0 Å². The molecule has 5 heteroatoms. The minimum atomic E-state index is 0.0975. The molecule has 21 heavy (non-hydrogen) atoms. The van der Waals surface area contributed by atoms with E-state index in [4.69, 9.17) is 16.3 Å². The fourth-order valence-electron chi connectivity index (χ4n) is 3.42. The number of carbonyl (C=O) groups excluding carboxylic acids is 1. The number of ether oxygens (including phenoxy) is 1. The smallest absolute Gasteiger partial charge is 0.230 e. The Morgan fingerprint density at radius 3 is 2.95 bits per heavy atom. The summed E-state index contributed by atoms with van der Waals surface area (Å²) in [6.45, 7) is 2.25. The Morgan fingerprint density at radius 2 is 2.19 bits per heavy atom. The number of rotatable bonds is 4. The molecule has 1 fully saturated rings. The van der Waals surface area contributed by atoms with Crippen LogP contribution < -0.4 is 0 Å². The Morgan fingerprint density at radius 1 is 1.38 bits per heavy atom. The molecule has 2 heterocycles. The van der Waals surface area contributed by atoms with Crippen molar-refractivity contribution in [2.45, 2.75) is 44.1 Å². The molecule has 1 atom stereocenters. The topological polar surface area (TPSA) is 29.5 Å². The molecule has 1 saturated heterocycles.